The first-order chi connectivity index (χ1) is 13.2. The predicted octanol–water partition coefficient (Wildman–Crippen LogP) is 4.13. The summed E-state index contributed by atoms with van der Waals surface area (Å²) < 4.78 is 44.0. The maximum atomic E-state index is 13.7. The summed E-state index contributed by atoms with van der Waals surface area (Å²) in [4.78, 5) is 0.114. The van der Waals surface area contributed by atoms with Crippen molar-refractivity contribution < 1.29 is 22.1 Å². The molecule has 0 bridgehead atoms. The van der Waals surface area contributed by atoms with Gasteiger partial charge in [0, 0.05) is 5.41 Å². The lowest BCUT2D eigenvalue weighted by molar-refractivity contribution is 0.0205. The Bertz CT molecular complexity index is 938. The molecule has 3 rings (SSSR count). The molecule has 1 aliphatic rings. The van der Waals surface area contributed by atoms with Gasteiger partial charge in [0.15, 0.2) is 0 Å². The Kier molecular flexibility index (Phi) is 5.94. The lowest BCUT2D eigenvalue weighted by Gasteiger charge is -2.46. The summed E-state index contributed by atoms with van der Waals surface area (Å²) in [5, 5.41) is 10.9. The molecule has 1 N–H and O–H groups in total. The number of hydrogen-bond donors (Lipinski definition) is 1. The average molecular weight is 407 g/mol. The molecule has 0 saturated carbocycles. The highest BCUT2D eigenvalue weighted by Gasteiger charge is 2.46. The smallest absolute Gasteiger partial charge is 0.296 e. The standard InChI is InChI=1S/C22H27FO4S/c1-15(2)22(20-10-7-18(23)14-17(20)6-11-21(22)24)12-13-27-28(25,26)19-8-4-16(3)5-9-19/h4-5,7-10,14-15,21,24H,6,11-13H2,1-3H3. The number of halogens is 1. The van der Waals surface area contributed by atoms with Crippen LogP contribution in [0.4, 0.5) is 4.39 Å². The van der Waals surface area contributed by atoms with Crippen molar-refractivity contribution in [2.75, 3.05) is 6.61 Å². The highest BCUT2D eigenvalue weighted by atomic mass is 32.2. The second kappa shape index (κ2) is 7.93. The molecule has 0 aliphatic heterocycles. The number of benzene rings is 2. The SMILES string of the molecule is Cc1ccc(S(=O)(=O)OCCC2(C(C)C)c3ccc(F)cc3CCC2O)cc1. The van der Waals surface area contributed by atoms with Gasteiger partial charge in [0.25, 0.3) is 10.1 Å². The van der Waals surface area contributed by atoms with Gasteiger partial charge in [-0.25, -0.2) is 4.39 Å². The fourth-order valence-corrected chi connectivity index (χ4v) is 5.24. The van der Waals surface area contributed by atoms with Crippen molar-refractivity contribution in [2.24, 2.45) is 5.92 Å². The molecular weight excluding hydrogens is 379 g/mol. The minimum Gasteiger partial charge on any atom is -0.392 e. The molecule has 4 nitrogen and oxygen atoms in total. The third-order valence-corrected chi connectivity index (χ3v) is 7.27. The Morgan fingerprint density at radius 3 is 2.54 bits per heavy atom. The van der Waals surface area contributed by atoms with Crippen molar-refractivity contribution in [2.45, 2.75) is 56.4 Å². The first-order valence-electron chi connectivity index (χ1n) is 9.60. The van der Waals surface area contributed by atoms with Gasteiger partial charge in [-0.1, -0.05) is 37.6 Å². The topological polar surface area (TPSA) is 63.6 Å². The van der Waals surface area contributed by atoms with Gasteiger partial charge in [-0.2, -0.15) is 8.42 Å². The molecule has 2 aromatic rings. The first-order valence-corrected chi connectivity index (χ1v) is 11.0. The van der Waals surface area contributed by atoms with Gasteiger partial charge in [-0.05, 0) is 67.5 Å². The second-order valence-electron chi connectivity index (χ2n) is 7.89. The van der Waals surface area contributed by atoms with Gasteiger partial charge in [-0.3, -0.25) is 4.18 Å². The molecule has 0 amide bonds. The molecule has 0 saturated heterocycles. The summed E-state index contributed by atoms with van der Waals surface area (Å²) >= 11 is 0. The Hall–Kier alpha value is -1.76. The second-order valence-corrected chi connectivity index (χ2v) is 9.51. The summed E-state index contributed by atoms with van der Waals surface area (Å²) in [6, 6.07) is 11.1. The zero-order valence-electron chi connectivity index (χ0n) is 16.5. The van der Waals surface area contributed by atoms with Gasteiger partial charge >= 0.3 is 0 Å². The van der Waals surface area contributed by atoms with Crippen LogP contribution >= 0.6 is 0 Å². The van der Waals surface area contributed by atoms with E-state index in [9.17, 15) is 17.9 Å². The molecule has 152 valence electrons. The van der Waals surface area contributed by atoms with E-state index in [-0.39, 0.29) is 23.2 Å². The summed E-state index contributed by atoms with van der Waals surface area (Å²) in [5.41, 5.74) is 2.05. The fraction of sp³-hybridized carbons (Fsp3) is 0.455. The Labute approximate surface area is 166 Å². The van der Waals surface area contributed by atoms with E-state index < -0.39 is 21.6 Å². The zero-order valence-corrected chi connectivity index (χ0v) is 17.3. The van der Waals surface area contributed by atoms with Gasteiger partial charge < -0.3 is 5.11 Å². The number of hydrogen-bond acceptors (Lipinski definition) is 4. The largest absolute Gasteiger partial charge is 0.392 e. The minimum atomic E-state index is -3.87. The van der Waals surface area contributed by atoms with E-state index in [2.05, 4.69) is 0 Å². The number of aryl methyl sites for hydroxylation is 2. The van der Waals surface area contributed by atoms with Crippen molar-refractivity contribution >= 4 is 10.1 Å². The highest BCUT2D eigenvalue weighted by molar-refractivity contribution is 7.86. The fourth-order valence-electron chi connectivity index (χ4n) is 4.33. The van der Waals surface area contributed by atoms with Gasteiger partial charge in [0.1, 0.15) is 5.82 Å². The third kappa shape index (κ3) is 3.86. The molecular formula is C22H27FO4S. The number of rotatable bonds is 6. The Balaban J connectivity index is 1.85. The van der Waals surface area contributed by atoms with Crippen molar-refractivity contribution in [1.29, 1.82) is 0 Å². The van der Waals surface area contributed by atoms with Crippen LogP contribution in [0.5, 0.6) is 0 Å². The van der Waals surface area contributed by atoms with Crippen molar-refractivity contribution in [3.8, 4) is 0 Å². The van der Waals surface area contributed by atoms with E-state index in [0.29, 0.717) is 19.3 Å². The summed E-state index contributed by atoms with van der Waals surface area (Å²) in [6.07, 6.45) is 0.802. The van der Waals surface area contributed by atoms with Crippen LogP contribution in [-0.4, -0.2) is 26.2 Å². The summed E-state index contributed by atoms with van der Waals surface area (Å²) in [5.74, 6) is -0.274. The Morgan fingerprint density at radius 1 is 1.21 bits per heavy atom. The predicted molar refractivity (Wildman–Crippen MR) is 106 cm³/mol. The molecule has 0 aromatic heterocycles. The number of aliphatic hydroxyl groups excluding tert-OH is 1. The van der Waals surface area contributed by atoms with Gasteiger partial charge in [0.2, 0.25) is 0 Å². The van der Waals surface area contributed by atoms with Crippen LogP contribution in [-0.2, 0) is 26.1 Å². The molecule has 1 aliphatic carbocycles. The molecule has 28 heavy (non-hydrogen) atoms. The molecule has 0 radical (unpaired) electrons. The molecule has 6 heteroatoms. The van der Waals surface area contributed by atoms with E-state index in [0.717, 1.165) is 16.7 Å². The van der Waals surface area contributed by atoms with Crippen LogP contribution in [0.15, 0.2) is 47.4 Å². The van der Waals surface area contributed by atoms with Crippen LogP contribution in [0.3, 0.4) is 0 Å². The van der Waals surface area contributed by atoms with E-state index in [4.69, 9.17) is 4.18 Å². The van der Waals surface area contributed by atoms with Crippen molar-refractivity contribution in [3.05, 3.63) is 65.0 Å². The van der Waals surface area contributed by atoms with Crippen LogP contribution in [0.1, 0.15) is 43.4 Å². The van der Waals surface area contributed by atoms with E-state index in [1.54, 1.807) is 18.2 Å². The molecule has 2 aromatic carbocycles. The molecule has 0 heterocycles. The molecule has 0 fully saturated rings. The molecule has 2 atom stereocenters. The highest BCUT2D eigenvalue weighted by Crippen LogP contribution is 2.46. The number of aliphatic hydroxyl groups is 1. The first kappa shape index (κ1) is 21.0. The van der Waals surface area contributed by atoms with Gasteiger partial charge in [-0.15, -0.1) is 0 Å². The van der Waals surface area contributed by atoms with E-state index >= 15 is 0 Å². The maximum Gasteiger partial charge on any atom is 0.296 e. The van der Waals surface area contributed by atoms with Crippen molar-refractivity contribution in [1.82, 2.24) is 0 Å². The zero-order chi connectivity index (χ0) is 20.5. The van der Waals surface area contributed by atoms with Crippen LogP contribution in [0.2, 0.25) is 0 Å². The van der Waals surface area contributed by atoms with Crippen LogP contribution in [0, 0.1) is 18.7 Å². The molecule has 2 unspecified atom stereocenters. The monoisotopic (exact) mass is 406 g/mol. The lowest BCUT2D eigenvalue weighted by atomic mass is 9.60. The average Bonchev–Trinajstić information content (AvgIpc) is 2.63. The summed E-state index contributed by atoms with van der Waals surface area (Å²) in [6.45, 7) is 5.82. The molecule has 0 spiro atoms. The van der Waals surface area contributed by atoms with Crippen LogP contribution in [0.25, 0.3) is 0 Å². The lowest BCUT2D eigenvalue weighted by Crippen LogP contribution is -2.48. The minimum absolute atomic E-state index is 0.0256. The number of fused-ring (bicyclic) bond motifs is 1. The quantitative estimate of drug-likeness (QED) is 0.733. The van der Waals surface area contributed by atoms with E-state index in [1.807, 2.05) is 20.8 Å². The Morgan fingerprint density at radius 2 is 1.89 bits per heavy atom. The maximum absolute atomic E-state index is 13.7. The normalized spacial score (nSPS) is 22.3. The van der Waals surface area contributed by atoms with E-state index in [1.165, 1.54) is 24.3 Å². The van der Waals surface area contributed by atoms with Crippen molar-refractivity contribution in [3.63, 3.8) is 0 Å². The van der Waals surface area contributed by atoms with Crippen LogP contribution < -0.4 is 0 Å². The summed E-state index contributed by atoms with van der Waals surface area (Å²) in [7, 11) is -3.87. The van der Waals surface area contributed by atoms with Gasteiger partial charge in [0.05, 0.1) is 17.6 Å². The third-order valence-electron chi connectivity index (χ3n) is 5.94.